The summed E-state index contributed by atoms with van der Waals surface area (Å²) in [5.41, 5.74) is 6.15. The summed E-state index contributed by atoms with van der Waals surface area (Å²) in [7, 11) is 1.48. The first-order valence-electron chi connectivity index (χ1n) is 6.91. The molecule has 0 aliphatic rings. The van der Waals surface area contributed by atoms with Gasteiger partial charge in [0.1, 0.15) is 12.3 Å². The van der Waals surface area contributed by atoms with E-state index in [0.29, 0.717) is 13.0 Å². The van der Waals surface area contributed by atoms with E-state index in [9.17, 15) is 9.59 Å². The van der Waals surface area contributed by atoms with Gasteiger partial charge in [0.2, 0.25) is 5.91 Å². The van der Waals surface area contributed by atoms with E-state index in [0.717, 1.165) is 16.2 Å². The number of nitrogens with one attached hydrogen (secondary N) is 1. The van der Waals surface area contributed by atoms with Gasteiger partial charge in [0.15, 0.2) is 0 Å². The number of rotatable bonds is 7. The number of urea groups is 1. The van der Waals surface area contributed by atoms with Crippen LogP contribution < -0.4 is 15.8 Å². The molecule has 0 radical (unpaired) electrons. The lowest BCUT2D eigenvalue weighted by molar-refractivity contribution is -0.121. The highest BCUT2D eigenvalue weighted by Gasteiger charge is 2.08. The highest BCUT2D eigenvalue weighted by molar-refractivity contribution is 5.83. The fourth-order valence-electron chi connectivity index (χ4n) is 1.70. The van der Waals surface area contributed by atoms with Gasteiger partial charge in [-0.3, -0.25) is 4.79 Å². The maximum atomic E-state index is 11.5. The first-order valence-corrected chi connectivity index (χ1v) is 6.91. The van der Waals surface area contributed by atoms with Crippen LogP contribution in [0.5, 0.6) is 5.75 Å². The lowest BCUT2D eigenvalue weighted by Gasteiger charge is -2.13. The van der Waals surface area contributed by atoms with Gasteiger partial charge in [-0.25, -0.2) is 4.79 Å². The molecule has 0 unspecified atom stereocenters. The van der Waals surface area contributed by atoms with Crippen LogP contribution >= 0.6 is 0 Å². The predicted octanol–water partition coefficient (Wildman–Crippen LogP) is 1.14. The summed E-state index contributed by atoms with van der Waals surface area (Å²) in [6.45, 7) is 4.44. The molecule has 116 valence electrons. The largest absolute Gasteiger partial charge is 0.491 e. The van der Waals surface area contributed by atoms with Gasteiger partial charge in [-0.15, -0.1) is 0 Å². The number of nitrogens with zero attached hydrogens (tertiary/aromatic N) is 1. The number of amides is 3. The van der Waals surface area contributed by atoms with Crippen molar-refractivity contribution in [2.75, 3.05) is 20.1 Å². The van der Waals surface area contributed by atoms with E-state index in [1.807, 2.05) is 38.1 Å². The number of benzene rings is 1. The van der Waals surface area contributed by atoms with Crippen LogP contribution in [0, 0.1) is 0 Å². The molecule has 21 heavy (non-hydrogen) atoms. The fraction of sp³-hybridized carbons (Fsp3) is 0.467. The Morgan fingerprint density at radius 1 is 1.29 bits per heavy atom. The Morgan fingerprint density at radius 3 is 2.43 bits per heavy atom. The van der Waals surface area contributed by atoms with Crippen molar-refractivity contribution < 1.29 is 14.3 Å². The summed E-state index contributed by atoms with van der Waals surface area (Å²) in [6.07, 6.45) is 0.867. The van der Waals surface area contributed by atoms with E-state index >= 15 is 0 Å². The molecule has 0 aromatic heterocycles. The zero-order valence-corrected chi connectivity index (χ0v) is 12.8. The lowest BCUT2D eigenvalue weighted by Crippen LogP contribution is -2.41. The second-order valence-corrected chi connectivity index (χ2v) is 5.10. The summed E-state index contributed by atoms with van der Waals surface area (Å²) < 4.78 is 5.56. The van der Waals surface area contributed by atoms with Crippen molar-refractivity contribution in [3.8, 4) is 5.75 Å². The van der Waals surface area contributed by atoms with Crippen LogP contribution in [0.1, 0.15) is 19.4 Å². The third kappa shape index (κ3) is 6.65. The smallest absolute Gasteiger partial charge is 0.314 e. The van der Waals surface area contributed by atoms with Crippen LogP contribution in [0.3, 0.4) is 0 Å². The van der Waals surface area contributed by atoms with Crippen molar-refractivity contribution in [3.05, 3.63) is 29.8 Å². The molecular weight excluding hydrogens is 270 g/mol. The molecule has 0 heterocycles. The Hall–Kier alpha value is -2.24. The molecule has 0 aliphatic carbocycles. The van der Waals surface area contributed by atoms with Crippen LogP contribution in [0.4, 0.5) is 4.79 Å². The topological polar surface area (TPSA) is 84.7 Å². The second kappa shape index (κ2) is 8.14. The summed E-state index contributed by atoms with van der Waals surface area (Å²) in [4.78, 5) is 23.5. The monoisotopic (exact) mass is 293 g/mol. The second-order valence-electron chi connectivity index (χ2n) is 5.10. The normalized spacial score (nSPS) is 10.3. The molecule has 0 aliphatic heterocycles. The van der Waals surface area contributed by atoms with Crippen molar-refractivity contribution in [1.29, 1.82) is 0 Å². The summed E-state index contributed by atoms with van der Waals surface area (Å²) in [5.74, 6) is 0.608. The van der Waals surface area contributed by atoms with Crippen LogP contribution in [-0.4, -0.2) is 43.1 Å². The molecule has 6 nitrogen and oxygen atoms in total. The van der Waals surface area contributed by atoms with E-state index in [1.165, 1.54) is 7.05 Å². The van der Waals surface area contributed by atoms with Gasteiger partial charge < -0.3 is 20.7 Å². The molecular formula is C15H23N3O3. The summed E-state index contributed by atoms with van der Waals surface area (Å²) in [5, 5.41) is 2.74. The SMILES string of the molecule is CC(C)Oc1ccc(CCNC(=O)CN(C)C(N)=O)cc1. The Kier molecular flexibility index (Phi) is 6.52. The minimum Gasteiger partial charge on any atom is -0.491 e. The Morgan fingerprint density at radius 2 is 1.90 bits per heavy atom. The van der Waals surface area contributed by atoms with Crippen molar-refractivity contribution in [2.45, 2.75) is 26.4 Å². The number of primary amides is 1. The molecule has 3 N–H and O–H groups in total. The maximum Gasteiger partial charge on any atom is 0.314 e. The maximum absolute atomic E-state index is 11.5. The quantitative estimate of drug-likeness (QED) is 0.790. The van der Waals surface area contributed by atoms with Crippen LogP contribution in [-0.2, 0) is 11.2 Å². The Balaban J connectivity index is 2.32. The number of hydrogen-bond acceptors (Lipinski definition) is 3. The van der Waals surface area contributed by atoms with E-state index in [4.69, 9.17) is 10.5 Å². The molecule has 0 spiro atoms. The molecule has 1 aromatic carbocycles. The number of carbonyl (C=O) groups is 2. The molecule has 3 amide bonds. The van der Waals surface area contributed by atoms with Crippen molar-refractivity contribution in [1.82, 2.24) is 10.2 Å². The number of likely N-dealkylation sites (N-methyl/N-ethyl adjacent to an activating group) is 1. The fourth-order valence-corrected chi connectivity index (χ4v) is 1.70. The van der Waals surface area contributed by atoms with Crippen molar-refractivity contribution >= 4 is 11.9 Å². The lowest BCUT2D eigenvalue weighted by atomic mass is 10.1. The molecule has 0 saturated carbocycles. The van der Waals surface area contributed by atoms with E-state index < -0.39 is 6.03 Å². The minimum absolute atomic E-state index is 0.0313. The van der Waals surface area contributed by atoms with Crippen LogP contribution in [0.15, 0.2) is 24.3 Å². The van der Waals surface area contributed by atoms with Crippen molar-refractivity contribution in [2.24, 2.45) is 5.73 Å². The van der Waals surface area contributed by atoms with Crippen LogP contribution in [0.2, 0.25) is 0 Å². The molecule has 1 aromatic rings. The highest BCUT2D eigenvalue weighted by atomic mass is 16.5. The Labute approximate surface area is 125 Å². The first kappa shape index (κ1) is 16.8. The molecule has 0 saturated heterocycles. The average molecular weight is 293 g/mol. The standard InChI is InChI=1S/C15H23N3O3/c1-11(2)21-13-6-4-12(5-7-13)8-9-17-14(19)10-18(3)15(16)20/h4-7,11H,8-10H2,1-3H3,(H2,16,20)(H,17,19). The third-order valence-corrected chi connectivity index (χ3v) is 2.79. The van der Waals surface area contributed by atoms with Crippen molar-refractivity contribution in [3.63, 3.8) is 0 Å². The first-order chi connectivity index (χ1) is 9.88. The van der Waals surface area contributed by atoms with Gasteiger partial charge in [-0.1, -0.05) is 12.1 Å². The van der Waals surface area contributed by atoms with Gasteiger partial charge in [0.25, 0.3) is 0 Å². The average Bonchev–Trinajstić information content (AvgIpc) is 2.40. The number of hydrogen-bond donors (Lipinski definition) is 2. The molecule has 0 bridgehead atoms. The zero-order chi connectivity index (χ0) is 15.8. The Bertz CT molecular complexity index is 472. The van der Waals surface area contributed by atoms with Gasteiger partial charge in [0.05, 0.1) is 6.10 Å². The molecule has 0 atom stereocenters. The van der Waals surface area contributed by atoms with E-state index in [2.05, 4.69) is 5.32 Å². The zero-order valence-electron chi connectivity index (χ0n) is 12.8. The molecule has 6 heteroatoms. The van der Waals surface area contributed by atoms with Gasteiger partial charge >= 0.3 is 6.03 Å². The van der Waals surface area contributed by atoms with E-state index in [1.54, 1.807) is 0 Å². The predicted molar refractivity (Wildman–Crippen MR) is 81.1 cm³/mol. The molecule has 0 fully saturated rings. The van der Waals surface area contributed by atoms with Crippen LogP contribution in [0.25, 0.3) is 0 Å². The number of carbonyl (C=O) groups excluding carboxylic acids is 2. The van der Waals surface area contributed by atoms with Gasteiger partial charge in [-0.05, 0) is 38.0 Å². The highest BCUT2D eigenvalue weighted by Crippen LogP contribution is 2.13. The van der Waals surface area contributed by atoms with Gasteiger partial charge in [-0.2, -0.15) is 0 Å². The summed E-state index contributed by atoms with van der Waals surface area (Å²) in [6, 6.07) is 7.15. The minimum atomic E-state index is -0.620. The number of nitrogens with two attached hydrogens (primary N) is 1. The molecule has 1 rings (SSSR count). The van der Waals surface area contributed by atoms with Gasteiger partial charge in [0, 0.05) is 13.6 Å². The number of ether oxygens (including phenoxy) is 1. The summed E-state index contributed by atoms with van der Waals surface area (Å²) >= 11 is 0. The van der Waals surface area contributed by atoms with E-state index in [-0.39, 0.29) is 18.6 Å². The third-order valence-electron chi connectivity index (χ3n) is 2.79.